The molecule has 0 bridgehead atoms. The molecule has 1 N–H and O–H groups in total. The zero-order valence-corrected chi connectivity index (χ0v) is 10.4. The van der Waals surface area contributed by atoms with Gasteiger partial charge in [0.25, 0.3) is 5.91 Å². The van der Waals surface area contributed by atoms with E-state index in [9.17, 15) is 9.90 Å². The number of phenols is 1. The van der Waals surface area contributed by atoms with E-state index in [1.165, 1.54) is 23.1 Å². The molecule has 0 spiro atoms. The highest BCUT2D eigenvalue weighted by molar-refractivity contribution is 6.31. The first kappa shape index (κ1) is 13.3. The Hall–Kier alpha value is -1.73. The first-order valence-electron chi connectivity index (χ1n) is 5.09. The maximum atomic E-state index is 12.0. The second kappa shape index (κ2) is 5.55. The molecular weight excluding hydrogens is 240 g/mol. The third-order valence-corrected chi connectivity index (χ3v) is 2.54. The number of hydrogen-bond acceptors (Lipinski definition) is 3. The lowest BCUT2D eigenvalue weighted by atomic mass is 10.1. The number of phenolic OH excluding ortho intramolecular Hbond substituents is 1. The maximum absolute atomic E-state index is 12.0. The number of hydrogen-bond donors (Lipinski definition) is 1. The Balaban J connectivity index is 2.89. The first-order valence-corrected chi connectivity index (χ1v) is 5.47. The molecule has 17 heavy (non-hydrogen) atoms. The standard InChI is InChI=1S/C12H13ClN2O2/c1-8(6-14)7-15(2)12(17)10-5-9(13)3-4-11(10)16/h3-5,8,16H,7H2,1-2H3. The minimum absolute atomic E-state index is 0.115. The summed E-state index contributed by atoms with van der Waals surface area (Å²) in [5.41, 5.74) is 0.144. The fraction of sp³-hybridized carbons (Fsp3) is 0.333. The summed E-state index contributed by atoms with van der Waals surface area (Å²) in [6.07, 6.45) is 0. The Morgan fingerprint density at radius 2 is 2.29 bits per heavy atom. The lowest BCUT2D eigenvalue weighted by Crippen LogP contribution is -2.30. The summed E-state index contributed by atoms with van der Waals surface area (Å²) < 4.78 is 0. The van der Waals surface area contributed by atoms with Gasteiger partial charge in [-0.05, 0) is 25.1 Å². The molecule has 1 rings (SSSR count). The van der Waals surface area contributed by atoms with Crippen molar-refractivity contribution in [3.8, 4) is 11.8 Å². The van der Waals surface area contributed by atoms with E-state index in [2.05, 4.69) is 0 Å². The fourth-order valence-corrected chi connectivity index (χ4v) is 1.59. The topological polar surface area (TPSA) is 64.3 Å². The van der Waals surface area contributed by atoms with E-state index < -0.39 is 0 Å². The molecule has 4 nitrogen and oxygen atoms in total. The van der Waals surface area contributed by atoms with Gasteiger partial charge in [0.15, 0.2) is 0 Å². The van der Waals surface area contributed by atoms with Crippen molar-refractivity contribution in [2.24, 2.45) is 5.92 Å². The summed E-state index contributed by atoms with van der Waals surface area (Å²) >= 11 is 5.76. The smallest absolute Gasteiger partial charge is 0.257 e. The number of halogens is 1. The van der Waals surface area contributed by atoms with Gasteiger partial charge in [-0.2, -0.15) is 5.26 Å². The van der Waals surface area contributed by atoms with Gasteiger partial charge in [-0.3, -0.25) is 4.79 Å². The molecule has 0 heterocycles. The van der Waals surface area contributed by atoms with Gasteiger partial charge in [0.05, 0.1) is 17.6 Å². The fourth-order valence-electron chi connectivity index (χ4n) is 1.42. The van der Waals surface area contributed by atoms with Gasteiger partial charge in [0.1, 0.15) is 5.75 Å². The molecule has 5 heteroatoms. The molecule has 1 atom stereocenters. The monoisotopic (exact) mass is 252 g/mol. The molecule has 0 saturated heterocycles. The van der Waals surface area contributed by atoms with Gasteiger partial charge >= 0.3 is 0 Å². The van der Waals surface area contributed by atoms with Crippen LogP contribution in [-0.4, -0.2) is 29.5 Å². The molecule has 1 aromatic rings. The Morgan fingerprint density at radius 3 is 2.88 bits per heavy atom. The highest BCUT2D eigenvalue weighted by atomic mass is 35.5. The van der Waals surface area contributed by atoms with Crippen LogP contribution in [0.3, 0.4) is 0 Å². The van der Waals surface area contributed by atoms with Gasteiger partial charge in [-0.25, -0.2) is 0 Å². The molecule has 1 aromatic carbocycles. The van der Waals surface area contributed by atoms with Crippen molar-refractivity contribution in [3.05, 3.63) is 28.8 Å². The average Bonchev–Trinajstić information content (AvgIpc) is 2.31. The number of aromatic hydroxyl groups is 1. The highest BCUT2D eigenvalue weighted by Crippen LogP contribution is 2.22. The number of rotatable bonds is 3. The summed E-state index contributed by atoms with van der Waals surface area (Å²) in [6, 6.07) is 6.33. The van der Waals surface area contributed by atoms with Gasteiger partial charge in [-0.1, -0.05) is 11.6 Å². The third-order valence-electron chi connectivity index (χ3n) is 2.30. The first-order chi connectivity index (χ1) is 7.95. The molecule has 90 valence electrons. The number of amides is 1. The molecule has 1 unspecified atom stereocenters. The number of nitrogens with zero attached hydrogens (tertiary/aromatic N) is 2. The summed E-state index contributed by atoms with van der Waals surface area (Å²) in [7, 11) is 1.58. The number of nitriles is 1. The highest BCUT2D eigenvalue weighted by Gasteiger charge is 2.17. The lowest BCUT2D eigenvalue weighted by molar-refractivity contribution is 0.0782. The number of carbonyl (C=O) groups excluding carboxylic acids is 1. The van der Waals surface area contributed by atoms with E-state index in [4.69, 9.17) is 16.9 Å². The quantitative estimate of drug-likeness (QED) is 0.898. The number of benzene rings is 1. The van der Waals surface area contributed by atoms with E-state index in [1.54, 1.807) is 14.0 Å². The van der Waals surface area contributed by atoms with Crippen molar-refractivity contribution in [2.75, 3.05) is 13.6 Å². The largest absolute Gasteiger partial charge is 0.507 e. The van der Waals surface area contributed by atoms with Gasteiger partial charge < -0.3 is 10.0 Å². The summed E-state index contributed by atoms with van der Waals surface area (Å²) in [4.78, 5) is 13.4. The van der Waals surface area contributed by atoms with Gasteiger partial charge in [0, 0.05) is 18.6 Å². The van der Waals surface area contributed by atoms with Gasteiger partial charge in [-0.15, -0.1) is 0 Å². The minimum Gasteiger partial charge on any atom is -0.507 e. The molecule has 0 aliphatic rings. The third kappa shape index (κ3) is 3.36. The Labute approximate surface area is 105 Å². The molecular formula is C12H13ClN2O2. The van der Waals surface area contributed by atoms with E-state index in [-0.39, 0.29) is 23.1 Å². The average molecular weight is 253 g/mol. The van der Waals surface area contributed by atoms with E-state index in [0.717, 1.165) is 0 Å². The van der Waals surface area contributed by atoms with Crippen LogP contribution < -0.4 is 0 Å². The molecule has 1 amide bonds. The van der Waals surface area contributed by atoms with Crippen LogP contribution in [0.5, 0.6) is 5.75 Å². The molecule has 0 radical (unpaired) electrons. The predicted molar refractivity (Wildman–Crippen MR) is 64.9 cm³/mol. The van der Waals surface area contributed by atoms with Crippen molar-refractivity contribution >= 4 is 17.5 Å². The van der Waals surface area contributed by atoms with Crippen molar-refractivity contribution < 1.29 is 9.90 Å². The summed E-state index contributed by atoms with van der Waals surface area (Å²) in [5, 5.41) is 18.6. The molecule has 0 fully saturated rings. The van der Waals surface area contributed by atoms with Crippen LogP contribution in [-0.2, 0) is 0 Å². The van der Waals surface area contributed by atoms with Crippen LogP contribution >= 0.6 is 11.6 Å². The molecule has 0 saturated carbocycles. The van der Waals surface area contributed by atoms with E-state index >= 15 is 0 Å². The molecule has 0 aliphatic carbocycles. The molecule has 0 aromatic heterocycles. The zero-order valence-electron chi connectivity index (χ0n) is 9.64. The van der Waals surface area contributed by atoms with Crippen molar-refractivity contribution in [3.63, 3.8) is 0 Å². The van der Waals surface area contributed by atoms with Crippen LogP contribution in [0.15, 0.2) is 18.2 Å². The van der Waals surface area contributed by atoms with E-state index in [1.807, 2.05) is 6.07 Å². The van der Waals surface area contributed by atoms with Crippen molar-refractivity contribution in [2.45, 2.75) is 6.92 Å². The van der Waals surface area contributed by atoms with Gasteiger partial charge in [0.2, 0.25) is 0 Å². The van der Waals surface area contributed by atoms with Crippen LogP contribution in [0.4, 0.5) is 0 Å². The van der Waals surface area contributed by atoms with Crippen molar-refractivity contribution in [1.29, 1.82) is 5.26 Å². The molecule has 0 aliphatic heterocycles. The summed E-state index contributed by atoms with van der Waals surface area (Å²) in [5.74, 6) is -0.728. The SMILES string of the molecule is CC(C#N)CN(C)C(=O)c1cc(Cl)ccc1O. The lowest BCUT2D eigenvalue weighted by Gasteiger charge is -2.18. The Morgan fingerprint density at radius 1 is 1.65 bits per heavy atom. The summed E-state index contributed by atoms with van der Waals surface area (Å²) in [6.45, 7) is 2.03. The second-order valence-electron chi connectivity index (χ2n) is 3.88. The van der Waals surface area contributed by atoms with E-state index in [0.29, 0.717) is 11.6 Å². The second-order valence-corrected chi connectivity index (χ2v) is 4.31. The Kier molecular flexibility index (Phi) is 4.36. The minimum atomic E-state index is -0.355. The van der Waals surface area contributed by atoms with Crippen molar-refractivity contribution in [1.82, 2.24) is 4.90 Å². The van der Waals surface area contributed by atoms with Crippen LogP contribution in [0.2, 0.25) is 5.02 Å². The van der Waals surface area contributed by atoms with Crippen LogP contribution in [0.1, 0.15) is 17.3 Å². The zero-order chi connectivity index (χ0) is 13.0. The normalized spacial score (nSPS) is 11.6. The maximum Gasteiger partial charge on any atom is 0.257 e. The number of carbonyl (C=O) groups is 1. The van der Waals surface area contributed by atoms with Crippen LogP contribution in [0, 0.1) is 17.2 Å². The van der Waals surface area contributed by atoms with Crippen LogP contribution in [0.25, 0.3) is 0 Å². The Bertz CT molecular complexity index is 468. The predicted octanol–water partition coefficient (Wildman–Crippen LogP) is 2.28.